The number of carbonyl (C=O) groups excluding carboxylic acids is 1. The number of ether oxygens (including phenoxy) is 2. The molecule has 0 spiro atoms. The lowest BCUT2D eigenvalue weighted by molar-refractivity contribution is -0.132. The molecule has 31 heavy (non-hydrogen) atoms. The summed E-state index contributed by atoms with van der Waals surface area (Å²) in [6.45, 7) is 2.31. The van der Waals surface area contributed by atoms with Gasteiger partial charge in [-0.1, -0.05) is 25.3 Å². The number of likely N-dealkylation sites (tertiary alicyclic amines) is 1. The third-order valence-corrected chi connectivity index (χ3v) is 6.21. The van der Waals surface area contributed by atoms with Gasteiger partial charge in [-0.25, -0.2) is 0 Å². The number of rotatable bonds is 7. The molecule has 1 saturated carbocycles. The fourth-order valence-corrected chi connectivity index (χ4v) is 4.39. The Morgan fingerprint density at radius 1 is 0.968 bits per heavy atom. The normalized spacial score (nSPS) is 17.6. The Morgan fingerprint density at radius 2 is 1.68 bits per heavy atom. The Balaban J connectivity index is 0.00000272. The number of pyridine rings is 1. The molecule has 0 bridgehead atoms. The molecule has 1 amide bonds. The first-order chi connectivity index (χ1) is 14.8. The second-order valence-electron chi connectivity index (χ2n) is 8.52. The highest BCUT2D eigenvalue weighted by Gasteiger charge is 2.24. The summed E-state index contributed by atoms with van der Waals surface area (Å²) in [5.41, 5.74) is 0.965. The van der Waals surface area contributed by atoms with Crippen LogP contribution in [0.25, 0.3) is 0 Å². The minimum absolute atomic E-state index is 0. The Kier molecular flexibility index (Phi) is 9.01. The van der Waals surface area contributed by atoms with Crippen LogP contribution < -0.4 is 9.47 Å². The maximum atomic E-state index is 12.5. The van der Waals surface area contributed by atoms with Crippen molar-refractivity contribution in [2.75, 3.05) is 19.7 Å². The van der Waals surface area contributed by atoms with Crippen LogP contribution in [0.2, 0.25) is 0 Å². The summed E-state index contributed by atoms with van der Waals surface area (Å²) >= 11 is 0. The molecule has 5 nitrogen and oxygen atoms in total. The van der Waals surface area contributed by atoms with E-state index >= 15 is 0 Å². The van der Waals surface area contributed by atoms with Crippen LogP contribution in [-0.2, 0) is 11.2 Å². The number of hydrogen-bond acceptors (Lipinski definition) is 4. The number of carbonyl (C=O) groups is 1. The van der Waals surface area contributed by atoms with Crippen LogP contribution in [0.3, 0.4) is 0 Å². The molecule has 4 rings (SSSR count). The lowest BCUT2D eigenvalue weighted by atomic mass is 9.90. The minimum atomic E-state index is 0. The number of aromatic nitrogens is 1. The molecule has 1 aromatic heterocycles. The number of benzene rings is 1. The average Bonchev–Trinajstić information content (AvgIpc) is 2.80. The number of nitrogens with zero attached hydrogens (tertiary/aromatic N) is 2. The number of piperidine rings is 1. The Bertz CT molecular complexity index is 786. The van der Waals surface area contributed by atoms with E-state index in [2.05, 4.69) is 4.98 Å². The zero-order valence-electron chi connectivity index (χ0n) is 18.1. The predicted octanol–water partition coefficient (Wildman–Crippen LogP) is 5.08. The fourth-order valence-electron chi connectivity index (χ4n) is 4.39. The van der Waals surface area contributed by atoms with Gasteiger partial charge in [-0.2, -0.15) is 0 Å². The number of hydrogen-bond donors (Lipinski definition) is 0. The molecule has 6 heteroatoms. The van der Waals surface area contributed by atoms with Crippen molar-refractivity contribution in [3.63, 3.8) is 0 Å². The molecule has 2 aromatic rings. The van der Waals surface area contributed by atoms with Crippen LogP contribution in [0, 0.1) is 5.92 Å². The Labute approximate surface area is 191 Å². The summed E-state index contributed by atoms with van der Waals surface area (Å²) in [5.74, 6) is 2.67. The van der Waals surface area contributed by atoms with Crippen molar-refractivity contribution in [1.29, 1.82) is 0 Å². The van der Waals surface area contributed by atoms with E-state index < -0.39 is 0 Å². The second kappa shape index (κ2) is 11.9. The fraction of sp³-hybridized carbons (Fsp3) is 0.520. The topological polar surface area (TPSA) is 51.7 Å². The monoisotopic (exact) mass is 444 g/mol. The molecule has 0 N–H and O–H groups in total. The molecule has 2 fully saturated rings. The van der Waals surface area contributed by atoms with E-state index in [0.29, 0.717) is 12.3 Å². The van der Waals surface area contributed by atoms with Gasteiger partial charge in [0, 0.05) is 38.3 Å². The number of halogens is 1. The molecule has 1 aliphatic carbocycles. The van der Waals surface area contributed by atoms with Crippen molar-refractivity contribution in [3.8, 4) is 11.5 Å². The zero-order chi connectivity index (χ0) is 20.6. The van der Waals surface area contributed by atoms with Crippen molar-refractivity contribution < 1.29 is 14.3 Å². The van der Waals surface area contributed by atoms with Crippen molar-refractivity contribution in [1.82, 2.24) is 9.88 Å². The van der Waals surface area contributed by atoms with E-state index in [1.54, 1.807) is 12.4 Å². The molecule has 0 atom stereocenters. The standard InChI is InChI=1S/C25H32N2O3.ClH/c28-25(17-21-7-4-14-26-18-21)27-15-12-24(13-16-27)30-23-10-8-22(9-11-23)29-19-20-5-2-1-3-6-20;/h4,7-11,14,18,20,24H,1-3,5-6,12-13,15-17,19H2;1H. The van der Waals surface area contributed by atoms with Gasteiger partial charge < -0.3 is 14.4 Å². The van der Waals surface area contributed by atoms with E-state index in [-0.39, 0.29) is 24.4 Å². The van der Waals surface area contributed by atoms with E-state index in [9.17, 15) is 4.79 Å². The Hall–Kier alpha value is -2.27. The van der Waals surface area contributed by atoms with E-state index in [1.807, 2.05) is 41.3 Å². The van der Waals surface area contributed by atoms with Gasteiger partial charge in [-0.3, -0.25) is 9.78 Å². The maximum Gasteiger partial charge on any atom is 0.227 e. The molecule has 0 radical (unpaired) electrons. The molecule has 0 unspecified atom stereocenters. The third-order valence-electron chi connectivity index (χ3n) is 6.21. The molecule has 2 heterocycles. The summed E-state index contributed by atoms with van der Waals surface area (Å²) in [5, 5.41) is 0. The van der Waals surface area contributed by atoms with Crippen LogP contribution in [0.4, 0.5) is 0 Å². The molecular weight excluding hydrogens is 412 g/mol. The van der Waals surface area contributed by atoms with Gasteiger partial charge in [0.1, 0.15) is 17.6 Å². The first kappa shape index (κ1) is 23.4. The minimum Gasteiger partial charge on any atom is -0.493 e. The smallest absolute Gasteiger partial charge is 0.227 e. The first-order valence-corrected chi connectivity index (χ1v) is 11.3. The van der Waals surface area contributed by atoms with Crippen molar-refractivity contribution in [2.45, 2.75) is 57.5 Å². The summed E-state index contributed by atoms with van der Waals surface area (Å²) in [6.07, 6.45) is 12.4. The lowest BCUT2D eigenvalue weighted by Gasteiger charge is -2.32. The van der Waals surface area contributed by atoms with Crippen molar-refractivity contribution in [3.05, 3.63) is 54.4 Å². The maximum absolute atomic E-state index is 12.5. The van der Waals surface area contributed by atoms with Crippen LogP contribution in [0.15, 0.2) is 48.8 Å². The van der Waals surface area contributed by atoms with Crippen molar-refractivity contribution in [2.24, 2.45) is 5.92 Å². The quantitative estimate of drug-likeness (QED) is 0.597. The average molecular weight is 445 g/mol. The molecule has 1 aromatic carbocycles. The highest BCUT2D eigenvalue weighted by molar-refractivity contribution is 5.85. The van der Waals surface area contributed by atoms with Gasteiger partial charge in [-0.15, -0.1) is 12.4 Å². The van der Waals surface area contributed by atoms with Gasteiger partial charge in [0.05, 0.1) is 13.0 Å². The first-order valence-electron chi connectivity index (χ1n) is 11.3. The molecule has 1 aliphatic heterocycles. The molecule has 2 aliphatic rings. The highest BCUT2D eigenvalue weighted by atomic mass is 35.5. The Morgan fingerprint density at radius 3 is 2.35 bits per heavy atom. The molecule has 1 saturated heterocycles. The van der Waals surface area contributed by atoms with E-state index in [4.69, 9.17) is 9.47 Å². The lowest BCUT2D eigenvalue weighted by Crippen LogP contribution is -2.42. The molecule has 168 valence electrons. The second-order valence-corrected chi connectivity index (χ2v) is 8.52. The number of amides is 1. The highest BCUT2D eigenvalue weighted by Crippen LogP contribution is 2.26. The van der Waals surface area contributed by atoms with Crippen LogP contribution in [-0.4, -0.2) is 41.6 Å². The summed E-state index contributed by atoms with van der Waals surface area (Å²) in [6, 6.07) is 11.8. The van der Waals surface area contributed by atoms with Gasteiger partial charge >= 0.3 is 0 Å². The van der Waals surface area contributed by atoms with Crippen LogP contribution in [0.5, 0.6) is 11.5 Å². The summed E-state index contributed by atoms with van der Waals surface area (Å²) in [4.78, 5) is 18.5. The van der Waals surface area contributed by atoms with Gasteiger partial charge in [-0.05, 0) is 54.7 Å². The van der Waals surface area contributed by atoms with Gasteiger partial charge in [0.25, 0.3) is 0 Å². The van der Waals surface area contributed by atoms with Crippen LogP contribution >= 0.6 is 12.4 Å². The van der Waals surface area contributed by atoms with E-state index in [1.165, 1.54) is 32.1 Å². The van der Waals surface area contributed by atoms with E-state index in [0.717, 1.165) is 49.6 Å². The SMILES string of the molecule is Cl.O=C(Cc1cccnc1)N1CCC(Oc2ccc(OCC3CCCCC3)cc2)CC1. The molecular formula is C25H33ClN2O3. The summed E-state index contributed by atoms with van der Waals surface area (Å²) < 4.78 is 12.1. The van der Waals surface area contributed by atoms with Crippen LogP contribution in [0.1, 0.15) is 50.5 Å². The van der Waals surface area contributed by atoms with Crippen molar-refractivity contribution >= 4 is 18.3 Å². The van der Waals surface area contributed by atoms with Gasteiger partial charge in [0.15, 0.2) is 0 Å². The predicted molar refractivity (Wildman–Crippen MR) is 124 cm³/mol. The summed E-state index contributed by atoms with van der Waals surface area (Å²) in [7, 11) is 0. The third kappa shape index (κ3) is 7.13. The van der Waals surface area contributed by atoms with Gasteiger partial charge in [0.2, 0.25) is 5.91 Å². The largest absolute Gasteiger partial charge is 0.493 e. The zero-order valence-corrected chi connectivity index (χ0v) is 18.9.